The first kappa shape index (κ1) is 22.0. The second-order valence-electron chi connectivity index (χ2n) is 7.95. The molecular weight excluding hydrogens is 356 g/mol. The van der Waals surface area contributed by atoms with Gasteiger partial charge in [0.1, 0.15) is 6.10 Å². The molecule has 5 heteroatoms. The zero-order chi connectivity index (χ0) is 20.8. The summed E-state index contributed by atoms with van der Waals surface area (Å²) in [5.74, 6) is -0.410. The summed E-state index contributed by atoms with van der Waals surface area (Å²) in [4.78, 5) is 12.8. The second-order valence-corrected chi connectivity index (χ2v) is 7.95. The van der Waals surface area contributed by atoms with E-state index in [-0.39, 0.29) is 23.3 Å². The number of hydrogen-bond donors (Lipinski definition) is 2. The van der Waals surface area contributed by atoms with E-state index in [0.29, 0.717) is 12.0 Å². The third-order valence-corrected chi connectivity index (χ3v) is 5.28. The number of hydrogen-bond acceptors (Lipinski definition) is 5. The lowest BCUT2D eigenvalue weighted by atomic mass is 9.81. The van der Waals surface area contributed by atoms with E-state index < -0.39 is 18.2 Å². The highest BCUT2D eigenvalue weighted by Crippen LogP contribution is 2.31. The Kier molecular flexibility index (Phi) is 7.69. The van der Waals surface area contributed by atoms with Crippen molar-refractivity contribution in [2.24, 2.45) is 11.8 Å². The standard InChI is InChI=1S/C23H32O5/c1-14(2)22-19(25)11-15(3)7-6-8-16(4)12-21(22)28-23(26)17-9-10-18(24)20(13-17)27-5/h8-11,13-14,19,21-22,24-25H,6-7,12H2,1-5H3/b15-11+,16-8+/t19-,21-,22-/m1/s1. The van der Waals surface area contributed by atoms with Gasteiger partial charge in [-0.25, -0.2) is 4.79 Å². The summed E-state index contributed by atoms with van der Waals surface area (Å²) >= 11 is 0. The molecule has 1 aromatic carbocycles. The van der Waals surface area contributed by atoms with E-state index in [4.69, 9.17) is 9.47 Å². The van der Waals surface area contributed by atoms with E-state index >= 15 is 0 Å². The summed E-state index contributed by atoms with van der Waals surface area (Å²) in [6.45, 7) is 8.13. The predicted molar refractivity (Wildman–Crippen MR) is 110 cm³/mol. The number of rotatable bonds is 4. The average molecular weight is 389 g/mol. The molecule has 0 aliphatic heterocycles. The SMILES string of the molecule is COc1cc(C(=O)O[C@@H]2C/C(C)=C/CC/C(C)=C/[C@@H](O)[C@H]2C(C)C)ccc1O. The van der Waals surface area contributed by atoms with Crippen molar-refractivity contribution in [3.8, 4) is 11.5 Å². The number of esters is 1. The zero-order valence-electron chi connectivity index (χ0n) is 17.4. The topological polar surface area (TPSA) is 76.0 Å². The van der Waals surface area contributed by atoms with Crippen LogP contribution in [0.5, 0.6) is 11.5 Å². The van der Waals surface area contributed by atoms with Crippen LogP contribution in [0.3, 0.4) is 0 Å². The zero-order valence-corrected chi connectivity index (χ0v) is 17.4. The molecule has 0 radical (unpaired) electrons. The van der Waals surface area contributed by atoms with Crippen molar-refractivity contribution in [3.05, 3.63) is 47.1 Å². The molecule has 0 spiro atoms. The fourth-order valence-corrected chi connectivity index (χ4v) is 3.74. The maximum absolute atomic E-state index is 12.8. The van der Waals surface area contributed by atoms with E-state index in [9.17, 15) is 15.0 Å². The van der Waals surface area contributed by atoms with E-state index in [1.54, 1.807) is 0 Å². The van der Waals surface area contributed by atoms with Crippen molar-refractivity contribution in [2.75, 3.05) is 7.11 Å². The van der Waals surface area contributed by atoms with Crippen LogP contribution < -0.4 is 4.74 Å². The summed E-state index contributed by atoms with van der Waals surface area (Å²) in [7, 11) is 1.43. The first-order valence-electron chi connectivity index (χ1n) is 9.82. The molecule has 0 fully saturated rings. The molecule has 2 rings (SSSR count). The summed E-state index contributed by atoms with van der Waals surface area (Å²) in [6, 6.07) is 4.38. The highest BCUT2D eigenvalue weighted by atomic mass is 16.5. The van der Waals surface area contributed by atoms with Crippen molar-refractivity contribution in [1.82, 2.24) is 0 Å². The molecular formula is C23H32O5. The van der Waals surface area contributed by atoms with E-state index in [1.165, 1.54) is 25.3 Å². The van der Waals surface area contributed by atoms with E-state index in [1.807, 2.05) is 33.8 Å². The third-order valence-electron chi connectivity index (χ3n) is 5.28. The number of carbonyl (C=O) groups excluding carboxylic acids is 1. The Hall–Kier alpha value is -2.27. The monoisotopic (exact) mass is 388 g/mol. The van der Waals surface area contributed by atoms with Crippen LogP contribution in [0.15, 0.2) is 41.5 Å². The van der Waals surface area contributed by atoms with Crippen LogP contribution in [0.4, 0.5) is 0 Å². The second kappa shape index (κ2) is 9.78. The number of aliphatic hydroxyl groups is 1. The number of aliphatic hydroxyl groups excluding tert-OH is 1. The lowest BCUT2D eigenvalue weighted by Crippen LogP contribution is -2.38. The van der Waals surface area contributed by atoms with Gasteiger partial charge >= 0.3 is 5.97 Å². The molecule has 5 nitrogen and oxygen atoms in total. The Morgan fingerprint density at radius 3 is 2.57 bits per heavy atom. The number of allylic oxidation sites excluding steroid dienone is 2. The minimum absolute atomic E-state index is 0.0346. The van der Waals surface area contributed by atoms with Crippen molar-refractivity contribution in [1.29, 1.82) is 0 Å². The molecule has 0 unspecified atom stereocenters. The van der Waals surface area contributed by atoms with Crippen LogP contribution in [0.2, 0.25) is 0 Å². The maximum Gasteiger partial charge on any atom is 0.338 e. The van der Waals surface area contributed by atoms with Gasteiger partial charge in [0.2, 0.25) is 0 Å². The summed E-state index contributed by atoms with van der Waals surface area (Å²) in [6.07, 6.45) is 5.33. The van der Waals surface area contributed by atoms with Crippen LogP contribution >= 0.6 is 0 Å². The Bertz CT molecular complexity index is 747. The van der Waals surface area contributed by atoms with Gasteiger partial charge in [0.05, 0.1) is 18.8 Å². The van der Waals surface area contributed by atoms with Crippen molar-refractivity contribution in [3.63, 3.8) is 0 Å². The number of benzene rings is 1. The predicted octanol–water partition coefficient (Wildman–Crippen LogP) is 4.64. The molecule has 0 saturated carbocycles. The highest BCUT2D eigenvalue weighted by molar-refractivity contribution is 5.90. The molecule has 0 amide bonds. The number of phenols is 1. The van der Waals surface area contributed by atoms with Gasteiger partial charge in [-0.1, -0.05) is 37.1 Å². The van der Waals surface area contributed by atoms with Crippen LogP contribution in [0.25, 0.3) is 0 Å². The molecule has 0 saturated heterocycles. The molecule has 1 aliphatic rings. The summed E-state index contributed by atoms with van der Waals surface area (Å²) in [5, 5.41) is 20.6. The van der Waals surface area contributed by atoms with Gasteiger partial charge in [-0.05, 0) is 50.8 Å². The van der Waals surface area contributed by atoms with Gasteiger partial charge in [0, 0.05) is 12.3 Å². The van der Waals surface area contributed by atoms with Gasteiger partial charge in [-0.3, -0.25) is 0 Å². The molecule has 1 aromatic rings. The number of ether oxygens (including phenoxy) is 2. The normalized spacial score (nSPS) is 27.3. The lowest BCUT2D eigenvalue weighted by molar-refractivity contribution is -0.0217. The number of aromatic hydroxyl groups is 1. The highest BCUT2D eigenvalue weighted by Gasteiger charge is 2.33. The lowest BCUT2D eigenvalue weighted by Gasteiger charge is -2.33. The van der Waals surface area contributed by atoms with Gasteiger partial charge < -0.3 is 19.7 Å². The third kappa shape index (κ3) is 5.61. The van der Waals surface area contributed by atoms with Gasteiger partial charge in [0.25, 0.3) is 0 Å². The van der Waals surface area contributed by atoms with Crippen LogP contribution in [-0.2, 0) is 4.74 Å². The maximum atomic E-state index is 12.8. The smallest absolute Gasteiger partial charge is 0.338 e. The van der Waals surface area contributed by atoms with Crippen molar-refractivity contribution in [2.45, 2.75) is 59.2 Å². The molecule has 0 bridgehead atoms. The fraction of sp³-hybridized carbons (Fsp3) is 0.522. The molecule has 1 aliphatic carbocycles. The number of phenolic OH excluding ortho intramolecular Hbond substituents is 1. The van der Waals surface area contributed by atoms with Crippen LogP contribution in [-0.4, -0.2) is 35.5 Å². The Balaban J connectivity index is 2.33. The molecule has 0 heterocycles. The molecule has 2 N–H and O–H groups in total. The first-order valence-corrected chi connectivity index (χ1v) is 9.82. The summed E-state index contributed by atoms with van der Waals surface area (Å²) in [5.41, 5.74) is 2.59. The van der Waals surface area contributed by atoms with Gasteiger partial charge in [-0.15, -0.1) is 0 Å². The van der Waals surface area contributed by atoms with Crippen molar-refractivity contribution < 1.29 is 24.5 Å². The quantitative estimate of drug-likeness (QED) is 0.581. The van der Waals surface area contributed by atoms with Crippen LogP contribution in [0, 0.1) is 11.8 Å². The van der Waals surface area contributed by atoms with E-state index in [0.717, 1.165) is 24.0 Å². The minimum atomic E-state index is -0.682. The van der Waals surface area contributed by atoms with E-state index in [2.05, 4.69) is 6.08 Å². The molecule has 3 atom stereocenters. The Labute approximate surface area is 167 Å². The Morgan fingerprint density at radius 2 is 1.93 bits per heavy atom. The Morgan fingerprint density at radius 1 is 1.21 bits per heavy atom. The van der Waals surface area contributed by atoms with Crippen molar-refractivity contribution >= 4 is 5.97 Å². The largest absolute Gasteiger partial charge is 0.504 e. The van der Waals surface area contributed by atoms with Crippen LogP contribution in [0.1, 0.15) is 57.3 Å². The molecule has 154 valence electrons. The summed E-state index contributed by atoms with van der Waals surface area (Å²) < 4.78 is 11.0. The number of carbonyl (C=O) groups is 1. The minimum Gasteiger partial charge on any atom is -0.504 e. The first-order chi connectivity index (χ1) is 13.2. The fourth-order valence-electron chi connectivity index (χ4n) is 3.74. The molecule has 28 heavy (non-hydrogen) atoms. The number of methoxy groups -OCH3 is 1. The van der Waals surface area contributed by atoms with Gasteiger partial charge in [-0.2, -0.15) is 0 Å². The van der Waals surface area contributed by atoms with Gasteiger partial charge in [0.15, 0.2) is 11.5 Å². The average Bonchev–Trinajstić information content (AvgIpc) is 2.61. The molecule has 0 aromatic heterocycles.